The van der Waals surface area contributed by atoms with Gasteiger partial charge in [-0.25, -0.2) is 9.97 Å². The van der Waals surface area contributed by atoms with Crippen LogP contribution in [-0.2, 0) is 6.54 Å². The van der Waals surface area contributed by atoms with Crippen LogP contribution in [0.25, 0.3) is 22.3 Å². The summed E-state index contributed by atoms with van der Waals surface area (Å²) in [6.07, 6.45) is 1.68. The van der Waals surface area contributed by atoms with Gasteiger partial charge in [-0.3, -0.25) is 4.98 Å². The lowest BCUT2D eigenvalue weighted by molar-refractivity contribution is -0.140. The van der Waals surface area contributed by atoms with Crippen LogP contribution in [0, 0.1) is 6.92 Å². The number of hydrogen-bond acceptors (Lipinski definition) is 3. The van der Waals surface area contributed by atoms with E-state index in [4.69, 9.17) is 0 Å². The number of aryl methyl sites for hydroxylation is 1. The predicted octanol–water partition coefficient (Wildman–Crippen LogP) is 3.36. The van der Waals surface area contributed by atoms with E-state index < -0.39 is 12.7 Å². The van der Waals surface area contributed by atoms with Crippen LogP contribution in [0.2, 0.25) is 0 Å². The molecule has 3 heterocycles. The average molecular weight is 292 g/mol. The Balaban J connectivity index is 2.17. The quantitative estimate of drug-likeness (QED) is 0.727. The fourth-order valence-electron chi connectivity index (χ4n) is 2.23. The third-order valence-corrected chi connectivity index (χ3v) is 3.18. The molecule has 3 aromatic rings. The van der Waals surface area contributed by atoms with Crippen LogP contribution in [0.15, 0.2) is 37.1 Å². The van der Waals surface area contributed by atoms with Gasteiger partial charge in [0.25, 0.3) is 0 Å². The fourth-order valence-corrected chi connectivity index (χ4v) is 2.23. The molecular weight excluding hydrogens is 281 g/mol. The van der Waals surface area contributed by atoms with Gasteiger partial charge in [-0.15, -0.1) is 0 Å². The molecule has 21 heavy (non-hydrogen) atoms. The first-order valence-corrected chi connectivity index (χ1v) is 6.23. The smallest absolute Gasteiger partial charge is 0.306 e. The third-order valence-electron chi connectivity index (χ3n) is 3.18. The van der Waals surface area contributed by atoms with Gasteiger partial charge in [0, 0.05) is 29.7 Å². The third kappa shape index (κ3) is 2.58. The van der Waals surface area contributed by atoms with Crippen molar-refractivity contribution in [2.75, 3.05) is 0 Å². The molecule has 3 rings (SSSR count). The highest BCUT2D eigenvalue weighted by molar-refractivity contribution is 5.90. The maximum Gasteiger partial charge on any atom is 0.406 e. The second-order valence-electron chi connectivity index (χ2n) is 4.71. The summed E-state index contributed by atoms with van der Waals surface area (Å²) in [5.74, 6) is 0. The van der Waals surface area contributed by atoms with Gasteiger partial charge in [0.1, 0.15) is 12.1 Å². The SMILES string of the molecule is Cc1ccncc1-c1ccnc2c1ncn2CC(F)(F)F. The van der Waals surface area contributed by atoms with E-state index in [1.54, 1.807) is 18.5 Å². The lowest BCUT2D eigenvalue weighted by Crippen LogP contribution is -2.17. The number of nitrogens with zero attached hydrogens (tertiary/aromatic N) is 4. The van der Waals surface area contributed by atoms with Crippen LogP contribution in [0.4, 0.5) is 13.2 Å². The molecule has 0 amide bonds. The molecule has 0 N–H and O–H groups in total. The number of imidazole rings is 1. The standard InChI is InChI=1S/C14H11F3N4/c1-9-2-4-18-6-11(9)10-3-5-19-13-12(10)20-8-21(13)7-14(15,16)17/h2-6,8H,7H2,1H3. The minimum atomic E-state index is -4.31. The van der Waals surface area contributed by atoms with Gasteiger partial charge in [0.2, 0.25) is 0 Å². The summed E-state index contributed by atoms with van der Waals surface area (Å²) in [5, 5.41) is 0. The van der Waals surface area contributed by atoms with Gasteiger partial charge in [0.05, 0.1) is 6.33 Å². The second kappa shape index (κ2) is 4.83. The fraction of sp³-hybridized carbons (Fsp3) is 0.214. The monoisotopic (exact) mass is 292 g/mol. The first-order valence-electron chi connectivity index (χ1n) is 6.23. The molecule has 0 aliphatic heterocycles. The van der Waals surface area contributed by atoms with E-state index in [1.807, 2.05) is 13.0 Å². The van der Waals surface area contributed by atoms with Gasteiger partial charge in [-0.1, -0.05) is 0 Å². The van der Waals surface area contributed by atoms with E-state index in [2.05, 4.69) is 15.0 Å². The zero-order chi connectivity index (χ0) is 15.0. The number of halogens is 3. The topological polar surface area (TPSA) is 43.6 Å². The molecule has 3 aromatic heterocycles. The summed E-state index contributed by atoms with van der Waals surface area (Å²) in [6, 6.07) is 3.57. The van der Waals surface area contributed by atoms with Crippen molar-refractivity contribution >= 4 is 11.2 Å². The molecule has 0 aliphatic carbocycles. The van der Waals surface area contributed by atoms with E-state index >= 15 is 0 Å². The van der Waals surface area contributed by atoms with E-state index in [9.17, 15) is 13.2 Å². The van der Waals surface area contributed by atoms with E-state index in [0.29, 0.717) is 5.52 Å². The van der Waals surface area contributed by atoms with Gasteiger partial charge in [-0.2, -0.15) is 13.2 Å². The molecule has 0 spiro atoms. The predicted molar refractivity (Wildman–Crippen MR) is 71.6 cm³/mol. The van der Waals surface area contributed by atoms with Crippen molar-refractivity contribution < 1.29 is 13.2 Å². The van der Waals surface area contributed by atoms with Gasteiger partial charge in [-0.05, 0) is 24.6 Å². The Morgan fingerprint density at radius 2 is 1.90 bits per heavy atom. The minimum absolute atomic E-state index is 0.216. The maximum atomic E-state index is 12.5. The summed E-state index contributed by atoms with van der Waals surface area (Å²) in [7, 11) is 0. The molecule has 0 bridgehead atoms. The second-order valence-corrected chi connectivity index (χ2v) is 4.71. The lowest BCUT2D eigenvalue weighted by atomic mass is 10.0. The summed E-state index contributed by atoms with van der Waals surface area (Å²) >= 11 is 0. The van der Waals surface area contributed by atoms with Crippen LogP contribution >= 0.6 is 0 Å². The first-order chi connectivity index (χ1) is 9.96. The molecule has 0 aromatic carbocycles. The first kappa shape index (κ1) is 13.5. The molecule has 0 saturated carbocycles. The van der Waals surface area contributed by atoms with E-state index in [-0.39, 0.29) is 5.65 Å². The van der Waals surface area contributed by atoms with Gasteiger partial charge in [0.15, 0.2) is 5.65 Å². The summed E-state index contributed by atoms with van der Waals surface area (Å²) in [4.78, 5) is 12.2. The maximum absolute atomic E-state index is 12.5. The highest BCUT2D eigenvalue weighted by Gasteiger charge is 2.29. The van der Waals surface area contributed by atoms with Crippen LogP contribution in [0.5, 0.6) is 0 Å². The Kier molecular flexibility index (Phi) is 3.12. The molecule has 7 heteroatoms. The van der Waals surface area contributed by atoms with Crippen LogP contribution in [0.1, 0.15) is 5.56 Å². The van der Waals surface area contributed by atoms with Crippen LogP contribution < -0.4 is 0 Å². The van der Waals surface area contributed by atoms with Gasteiger partial charge < -0.3 is 4.57 Å². The number of rotatable bonds is 2. The zero-order valence-corrected chi connectivity index (χ0v) is 11.1. The van der Waals surface area contributed by atoms with Crippen LogP contribution in [0.3, 0.4) is 0 Å². The molecular formula is C14H11F3N4. The Labute approximate surface area is 118 Å². The number of pyridine rings is 2. The Bertz CT molecular complexity index is 792. The molecule has 0 aliphatic rings. The molecule has 0 fully saturated rings. The average Bonchev–Trinajstić information content (AvgIpc) is 2.81. The molecule has 0 radical (unpaired) electrons. The normalized spacial score (nSPS) is 12.0. The molecule has 4 nitrogen and oxygen atoms in total. The zero-order valence-electron chi connectivity index (χ0n) is 11.1. The Morgan fingerprint density at radius 1 is 1.10 bits per heavy atom. The number of alkyl halides is 3. The van der Waals surface area contributed by atoms with Crippen molar-refractivity contribution in [2.24, 2.45) is 0 Å². The molecule has 108 valence electrons. The largest absolute Gasteiger partial charge is 0.406 e. The van der Waals surface area contributed by atoms with Crippen molar-refractivity contribution in [1.29, 1.82) is 0 Å². The highest BCUT2D eigenvalue weighted by atomic mass is 19.4. The number of fused-ring (bicyclic) bond motifs is 1. The van der Waals surface area contributed by atoms with E-state index in [0.717, 1.165) is 21.3 Å². The van der Waals surface area contributed by atoms with Crippen molar-refractivity contribution in [2.45, 2.75) is 19.6 Å². The van der Waals surface area contributed by atoms with Crippen molar-refractivity contribution in [1.82, 2.24) is 19.5 Å². The number of hydrogen-bond donors (Lipinski definition) is 0. The highest BCUT2D eigenvalue weighted by Crippen LogP contribution is 2.29. The summed E-state index contributed by atoms with van der Waals surface area (Å²) in [5.41, 5.74) is 3.20. The minimum Gasteiger partial charge on any atom is -0.306 e. The van der Waals surface area contributed by atoms with E-state index in [1.165, 1.54) is 12.5 Å². The molecule has 0 atom stereocenters. The lowest BCUT2D eigenvalue weighted by Gasteiger charge is -2.08. The Hall–Kier alpha value is -2.44. The van der Waals surface area contributed by atoms with Gasteiger partial charge >= 0.3 is 6.18 Å². The molecule has 0 saturated heterocycles. The summed E-state index contributed by atoms with van der Waals surface area (Å²) in [6.45, 7) is 0.807. The number of aromatic nitrogens is 4. The molecule has 0 unspecified atom stereocenters. The van der Waals surface area contributed by atoms with Crippen molar-refractivity contribution in [3.8, 4) is 11.1 Å². The Morgan fingerprint density at radius 3 is 2.62 bits per heavy atom. The van der Waals surface area contributed by atoms with Crippen molar-refractivity contribution in [3.05, 3.63) is 42.6 Å². The summed E-state index contributed by atoms with van der Waals surface area (Å²) < 4.78 is 38.6. The van der Waals surface area contributed by atoms with Crippen molar-refractivity contribution in [3.63, 3.8) is 0 Å². The van der Waals surface area contributed by atoms with Crippen LogP contribution in [-0.4, -0.2) is 25.7 Å².